The monoisotopic (exact) mass is 245 g/mol. The summed E-state index contributed by atoms with van der Waals surface area (Å²) in [6.07, 6.45) is 1.67. The minimum atomic E-state index is -2.93. The number of halogens is 1. The average Bonchev–Trinajstić information content (AvgIpc) is 2.14. The molecule has 0 radical (unpaired) electrons. The second-order valence-electron chi connectivity index (χ2n) is 3.84. The summed E-state index contributed by atoms with van der Waals surface area (Å²) in [5.41, 5.74) is 1.27. The van der Waals surface area contributed by atoms with Crippen molar-refractivity contribution in [1.29, 1.82) is 0 Å². The quantitative estimate of drug-likeness (QED) is 0.807. The molecule has 5 heteroatoms. The molecule has 0 aliphatic rings. The molecule has 0 amide bonds. The van der Waals surface area contributed by atoms with E-state index in [0.29, 0.717) is 18.7 Å². The zero-order chi connectivity index (χ0) is 12.2. The third kappa shape index (κ3) is 4.18. The SMILES string of the molecule is Cc1cccc(F)c1NCCCS(C)(=O)=O. The standard InChI is InChI=1S/C11H16FNO2S/c1-9-5-3-6-10(12)11(9)13-7-4-8-16(2,14)15/h3,5-6,13H,4,7-8H2,1-2H3. The number of anilines is 1. The van der Waals surface area contributed by atoms with E-state index in [4.69, 9.17) is 0 Å². The summed E-state index contributed by atoms with van der Waals surface area (Å²) in [5, 5.41) is 2.91. The molecule has 0 aliphatic heterocycles. The Bertz CT molecular complexity index is 437. The van der Waals surface area contributed by atoms with Crippen LogP contribution in [-0.2, 0) is 9.84 Å². The van der Waals surface area contributed by atoms with Crippen LogP contribution < -0.4 is 5.32 Å². The summed E-state index contributed by atoms with van der Waals surface area (Å²) in [6, 6.07) is 4.83. The smallest absolute Gasteiger partial charge is 0.147 e. The van der Waals surface area contributed by atoms with E-state index < -0.39 is 9.84 Å². The Morgan fingerprint density at radius 1 is 1.38 bits per heavy atom. The maximum atomic E-state index is 13.3. The molecule has 0 aromatic heterocycles. The fraction of sp³-hybridized carbons (Fsp3) is 0.455. The van der Waals surface area contributed by atoms with Crippen molar-refractivity contribution >= 4 is 15.5 Å². The summed E-state index contributed by atoms with van der Waals surface area (Å²) < 4.78 is 35.1. The molecule has 90 valence electrons. The molecule has 16 heavy (non-hydrogen) atoms. The summed E-state index contributed by atoms with van der Waals surface area (Å²) in [5.74, 6) is -0.188. The maximum absolute atomic E-state index is 13.3. The lowest BCUT2D eigenvalue weighted by Gasteiger charge is -2.09. The van der Waals surface area contributed by atoms with Gasteiger partial charge in [0, 0.05) is 12.8 Å². The van der Waals surface area contributed by atoms with Gasteiger partial charge in [-0.05, 0) is 25.0 Å². The Morgan fingerprint density at radius 3 is 2.62 bits per heavy atom. The van der Waals surface area contributed by atoms with Gasteiger partial charge in [-0.25, -0.2) is 12.8 Å². The van der Waals surface area contributed by atoms with Crippen molar-refractivity contribution in [3.8, 4) is 0 Å². The lowest BCUT2D eigenvalue weighted by atomic mass is 10.2. The number of hydrogen-bond donors (Lipinski definition) is 1. The van der Waals surface area contributed by atoms with E-state index >= 15 is 0 Å². The Hall–Kier alpha value is -1.10. The second kappa shape index (κ2) is 5.30. The Morgan fingerprint density at radius 2 is 2.06 bits per heavy atom. The van der Waals surface area contributed by atoms with Crippen LogP contribution in [0.5, 0.6) is 0 Å². The number of benzene rings is 1. The normalized spacial score (nSPS) is 11.4. The van der Waals surface area contributed by atoms with Crippen molar-refractivity contribution in [2.24, 2.45) is 0 Å². The van der Waals surface area contributed by atoms with Crippen LogP contribution in [-0.4, -0.2) is 27.0 Å². The van der Waals surface area contributed by atoms with Crippen LogP contribution in [0.15, 0.2) is 18.2 Å². The minimum Gasteiger partial charge on any atom is -0.382 e. The third-order valence-corrected chi connectivity index (χ3v) is 3.25. The van der Waals surface area contributed by atoms with Crippen molar-refractivity contribution in [3.05, 3.63) is 29.6 Å². The third-order valence-electron chi connectivity index (χ3n) is 2.22. The molecule has 0 spiro atoms. The van der Waals surface area contributed by atoms with Gasteiger partial charge in [0.05, 0.1) is 11.4 Å². The fourth-order valence-corrected chi connectivity index (χ4v) is 2.07. The number of aryl methyl sites for hydroxylation is 1. The number of nitrogens with one attached hydrogen (secondary N) is 1. The highest BCUT2D eigenvalue weighted by Gasteiger charge is 2.05. The van der Waals surface area contributed by atoms with Gasteiger partial charge in [-0.2, -0.15) is 0 Å². The Kier molecular flexibility index (Phi) is 4.29. The Balaban J connectivity index is 2.49. The summed E-state index contributed by atoms with van der Waals surface area (Å²) >= 11 is 0. The van der Waals surface area contributed by atoms with Gasteiger partial charge in [-0.1, -0.05) is 12.1 Å². The molecule has 0 bridgehead atoms. The van der Waals surface area contributed by atoms with Gasteiger partial charge in [0.25, 0.3) is 0 Å². The lowest BCUT2D eigenvalue weighted by Crippen LogP contribution is -2.11. The van der Waals surface area contributed by atoms with Crippen molar-refractivity contribution in [3.63, 3.8) is 0 Å². The largest absolute Gasteiger partial charge is 0.382 e. The van der Waals surface area contributed by atoms with E-state index in [1.54, 1.807) is 6.07 Å². The molecule has 1 N–H and O–H groups in total. The molecule has 0 atom stereocenters. The van der Waals surface area contributed by atoms with Gasteiger partial charge >= 0.3 is 0 Å². The molecule has 0 saturated carbocycles. The van der Waals surface area contributed by atoms with Gasteiger partial charge in [0.2, 0.25) is 0 Å². The van der Waals surface area contributed by atoms with Gasteiger partial charge in [-0.15, -0.1) is 0 Å². The molecule has 0 aliphatic carbocycles. The highest BCUT2D eigenvalue weighted by molar-refractivity contribution is 7.90. The van der Waals surface area contributed by atoms with E-state index in [2.05, 4.69) is 5.32 Å². The first-order chi connectivity index (χ1) is 7.40. The zero-order valence-corrected chi connectivity index (χ0v) is 10.3. The van der Waals surface area contributed by atoms with Crippen molar-refractivity contribution in [2.75, 3.05) is 23.9 Å². The van der Waals surface area contributed by atoms with Crippen LogP contribution in [0.3, 0.4) is 0 Å². The first-order valence-corrected chi connectivity index (χ1v) is 7.13. The molecule has 0 unspecified atom stereocenters. The molecule has 0 fully saturated rings. The van der Waals surface area contributed by atoms with Crippen LogP contribution in [0.2, 0.25) is 0 Å². The van der Waals surface area contributed by atoms with E-state index in [9.17, 15) is 12.8 Å². The van der Waals surface area contributed by atoms with Crippen LogP contribution >= 0.6 is 0 Å². The predicted molar refractivity (Wildman–Crippen MR) is 64.0 cm³/mol. The van der Waals surface area contributed by atoms with Gasteiger partial charge < -0.3 is 5.32 Å². The minimum absolute atomic E-state index is 0.119. The number of para-hydroxylation sites is 1. The maximum Gasteiger partial charge on any atom is 0.147 e. The van der Waals surface area contributed by atoms with Gasteiger partial charge in [0.1, 0.15) is 15.7 Å². The predicted octanol–water partition coefficient (Wildman–Crippen LogP) is 1.98. The van der Waals surface area contributed by atoms with Gasteiger partial charge in [-0.3, -0.25) is 0 Å². The lowest BCUT2D eigenvalue weighted by molar-refractivity contribution is 0.599. The molecule has 3 nitrogen and oxygen atoms in total. The molecule has 0 saturated heterocycles. The Labute approximate surface area is 95.6 Å². The van der Waals surface area contributed by atoms with Crippen LogP contribution in [0, 0.1) is 12.7 Å². The molecule has 0 heterocycles. The second-order valence-corrected chi connectivity index (χ2v) is 6.10. The van der Waals surface area contributed by atoms with Crippen molar-refractivity contribution < 1.29 is 12.8 Å². The topological polar surface area (TPSA) is 46.2 Å². The zero-order valence-electron chi connectivity index (χ0n) is 9.46. The van der Waals surface area contributed by atoms with Crippen LogP contribution in [0.25, 0.3) is 0 Å². The number of hydrogen-bond acceptors (Lipinski definition) is 3. The molecular formula is C11H16FNO2S. The van der Waals surface area contributed by atoms with Crippen molar-refractivity contribution in [1.82, 2.24) is 0 Å². The van der Waals surface area contributed by atoms with E-state index in [0.717, 1.165) is 5.56 Å². The number of sulfone groups is 1. The van der Waals surface area contributed by atoms with Crippen molar-refractivity contribution in [2.45, 2.75) is 13.3 Å². The summed E-state index contributed by atoms with van der Waals surface area (Å²) in [6.45, 7) is 2.26. The van der Waals surface area contributed by atoms with Crippen LogP contribution in [0.4, 0.5) is 10.1 Å². The highest BCUT2D eigenvalue weighted by Crippen LogP contribution is 2.18. The fourth-order valence-electron chi connectivity index (χ4n) is 1.40. The average molecular weight is 245 g/mol. The highest BCUT2D eigenvalue weighted by atomic mass is 32.2. The van der Waals surface area contributed by atoms with E-state index in [1.807, 2.05) is 13.0 Å². The first-order valence-electron chi connectivity index (χ1n) is 5.07. The summed E-state index contributed by atoms with van der Waals surface area (Å²) in [4.78, 5) is 0. The molecule has 1 aromatic rings. The van der Waals surface area contributed by atoms with E-state index in [-0.39, 0.29) is 11.6 Å². The molecule has 1 aromatic carbocycles. The van der Waals surface area contributed by atoms with Gasteiger partial charge in [0.15, 0.2) is 0 Å². The first kappa shape index (κ1) is 13.0. The summed E-state index contributed by atoms with van der Waals surface area (Å²) in [7, 11) is -2.93. The van der Waals surface area contributed by atoms with Crippen LogP contribution in [0.1, 0.15) is 12.0 Å². The number of rotatable bonds is 5. The van der Waals surface area contributed by atoms with E-state index in [1.165, 1.54) is 12.3 Å². The molecule has 1 rings (SSSR count). The molecular weight excluding hydrogens is 229 g/mol.